The molecule has 94 valence electrons. The monoisotopic (exact) mass is 224 g/mol. The molecular formula is C15H28O. The van der Waals surface area contributed by atoms with Crippen LogP contribution in [0.25, 0.3) is 0 Å². The molecule has 0 aromatic heterocycles. The highest BCUT2D eigenvalue weighted by Crippen LogP contribution is 2.61. The van der Waals surface area contributed by atoms with Gasteiger partial charge in [-0.3, -0.25) is 0 Å². The molecule has 1 N–H and O–H groups in total. The van der Waals surface area contributed by atoms with E-state index in [2.05, 4.69) is 27.7 Å². The second-order valence-electron chi connectivity index (χ2n) is 7.73. The topological polar surface area (TPSA) is 20.2 Å². The average molecular weight is 224 g/mol. The molecule has 0 bridgehead atoms. The summed E-state index contributed by atoms with van der Waals surface area (Å²) in [6.45, 7) is 10.0. The van der Waals surface area contributed by atoms with E-state index in [0.29, 0.717) is 17.4 Å². The Balaban J connectivity index is 2.23. The molecule has 0 amide bonds. The van der Waals surface area contributed by atoms with E-state index in [9.17, 15) is 5.11 Å². The lowest BCUT2D eigenvalue weighted by Crippen LogP contribution is -2.49. The molecular weight excluding hydrogens is 196 g/mol. The molecule has 0 saturated heterocycles. The normalized spacial score (nSPS) is 47.4. The van der Waals surface area contributed by atoms with Gasteiger partial charge in [0.2, 0.25) is 0 Å². The van der Waals surface area contributed by atoms with E-state index >= 15 is 0 Å². The number of hydrogen-bond acceptors (Lipinski definition) is 1. The third-order valence-corrected chi connectivity index (χ3v) is 5.60. The summed E-state index contributed by atoms with van der Waals surface area (Å²) in [6, 6.07) is 0. The van der Waals surface area contributed by atoms with E-state index in [1.54, 1.807) is 0 Å². The highest BCUT2D eigenvalue weighted by molar-refractivity contribution is 5.02. The van der Waals surface area contributed by atoms with Crippen LogP contribution in [0.5, 0.6) is 0 Å². The van der Waals surface area contributed by atoms with Crippen molar-refractivity contribution < 1.29 is 5.11 Å². The molecule has 0 radical (unpaired) electrons. The Labute approximate surface area is 101 Å². The first-order valence-electron chi connectivity index (χ1n) is 6.92. The molecule has 16 heavy (non-hydrogen) atoms. The van der Waals surface area contributed by atoms with Crippen LogP contribution in [0.4, 0.5) is 0 Å². The maximum Gasteiger partial charge on any atom is 0.0484 e. The van der Waals surface area contributed by atoms with Gasteiger partial charge in [-0.1, -0.05) is 34.1 Å². The number of hydrogen-bond donors (Lipinski definition) is 1. The van der Waals surface area contributed by atoms with Crippen LogP contribution in [0.1, 0.15) is 66.2 Å². The van der Waals surface area contributed by atoms with Gasteiger partial charge >= 0.3 is 0 Å². The van der Waals surface area contributed by atoms with Crippen molar-refractivity contribution in [3.8, 4) is 0 Å². The summed E-state index contributed by atoms with van der Waals surface area (Å²) < 4.78 is 0. The van der Waals surface area contributed by atoms with E-state index in [4.69, 9.17) is 0 Å². The first-order valence-corrected chi connectivity index (χ1v) is 6.92. The summed E-state index contributed by atoms with van der Waals surface area (Å²) in [6.07, 6.45) is 7.90. The molecule has 0 aliphatic heterocycles. The fourth-order valence-electron chi connectivity index (χ4n) is 4.88. The minimum Gasteiger partial charge on any atom is -0.396 e. The predicted molar refractivity (Wildman–Crippen MR) is 68.3 cm³/mol. The summed E-state index contributed by atoms with van der Waals surface area (Å²) in [5, 5.41) is 9.59. The molecule has 0 aromatic rings. The lowest BCUT2D eigenvalue weighted by Gasteiger charge is -2.57. The fraction of sp³-hybridized carbons (Fsp3) is 1.00. The average Bonchev–Trinajstić information content (AvgIpc) is 2.15. The Kier molecular flexibility index (Phi) is 2.89. The molecule has 2 aliphatic carbocycles. The molecule has 2 rings (SSSR count). The van der Waals surface area contributed by atoms with Gasteiger partial charge in [0.05, 0.1) is 0 Å². The number of fused-ring (bicyclic) bond motifs is 1. The minimum absolute atomic E-state index is 0.193. The Morgan fingerprint density at radius 1 is 1.06 bits per heavy atom. The summed E-state index contributed by atoms with van der Waals surface area (Å²) in [5.74, 6) is 0.869. The molecule has 1 heteroatoms. The van der Waals surface area contributed by atoms with Crippen LogP contribution in [0.2, 0.25) is 0 Å². The van der Waals surface area contributed by atoms with Gasteiger partial charge in [0, 0.05) is 6.61 Å². The summed E-state index contributed by atoms with van der Waals surface area (Å²) in [4.78, 5) is 0. The van der Waals surface area contributed by atoms with Crippen molar-refractivity contribution in [2.24, 2.45) is 22.2 Å². The van der Waals surface area contributed by atoms with Crippen LogP contribution >= 0.6 is 0 Å². The zero-order chi connectivity index (χ0) is 12.0. The number of aliphatic hydroxyl groups is 1. The van der Waals surface area contributed by atoms with E-state index in [0.717, 1.165) is 5.92 Å². The highest BCUT2D eigenvalue weighted by Gasteiger charge is 2.51. The van der Waals surface area contributed by atoms with Crippen LogP contribution in [-0.2, 0) is 0 Å². The molecule has 3 unspecified atom stereocenters. The minimum atomic E-state index is 0.193. The third kappa shape index (κ3) is 1.92. The Bertz CT molecular complexity index is 271. The molecule has 2 fully saturated rings. The van der Waals surface area contributed by atoms with Crippen LogP contribution in [-0.4, -0.2) is 11.7 Å². The molecule has 2 saturated carbocycles. The smallest absolute Gasteiger partial charge is 0.0484 e. The third-order valence-electron chi connectivity index (χ3n) is 5.60. The Morgan fingerprint density at radius 3 is 2.38 bits per heavy atom. The van der Waals surface area contributed by atoms with Crippen molar-refractivity contribution in [3.05, 3.63) is 0 Å². The van der Waals surface area contributed by atoms with Gasteiger partial charge in [-0.25, -0.2) is 0 Å². The van der Waals surface area contributed by atoms with Crippen molar-refractivity contribution in [1.29, 1.82) is 0 Å². The number of aliphatic hydroxyl groups excluding tert-OH is 1. The van der Waals surface area contributed by atoms with Gasteiger partial charge < -0.3 is 5.11 Å². The van der Waals surface area contributed by atoms with E-state index in [-0.39, 0.29) is 5.41 Å². The zero-order valence-corrected chi connectivity index (χ0v) is 11.5. The SMILES string of the molecule is CC1(CO)CCC2C(C)(C)CCCC2(C)C1. The molecule has 2 aliphatic rings. The maximum absolute atomic E-state index is 9.59. The maximum atomic E-state index is 9.59. The standard InChI is InChI=1S/C15H28O/c1-13(2)7-5-8-15(4)10-14(3,11-16)9-6-12(13)15/h12,16H,5-11H2,1-4H3. The molecule has 0 aromatic carbocycles. The largest absolute Gasteiger partial charge is 0.396 e. The van der Waals surface area contributed by atoms with Crippen LogP contribution in [0.3, 0.4) is 0 Å². The van der Waals surface area contributed by atoms with Crippen LogP contribution < -0.4 is 0 Å². The Morgan fingerprint density at radius 2 is 1.75 bits per heavy atom. The van der Waals surface area contributed by atoms with E-state index in [1.807, 2.05) is 0 Å². The Hall–Kier alpha value is -0.0400. The van der Waals surface area contributed by atoms with Gasteiger partial charge in [-0.15, -0.1) is 0 Å². The highest BCUT2D eigenvalue weighted by atomic mass is 16.3. The fourth-order valence-corrected chi connectivity index (χ4v) is 4.88. The summed E-state index contributed by atoms with van der Waals surface area (Å²) >= 11 is 0. The molecule has 0 heterocycles. The van der Waals surface area contributed by atoms with Gasteiger partial charge in [0.25, 0.3) is 0 Å². The van der Waals surface area contributed by atoms with E-state index in [1.165, 1.54) is 38.5 Å². The predicted octanol–water partition coefficient (Wildman–Crippen LogP) is 4.00. The lowest BCUT2D eigenvalue weighted by atomic mass is 9.48. The second-order valence-corrected chi connectivity index (χ2v) is 7.73. The van der Waals surface area contributed by atoms with Crippen molar-refractivity contribution in [2.45, 2.75) is 66.2 Å². The van der Waals surface area contributed by atoms with Gasteiger partial charge in [-0.05, 0) is 54.3 Å². The zero-order valence-electron chi connectivity index (χ0n) is 11.5. The van der Waals surface area contributed by atoms with Crippen molar-refractivity contribution in [2.75, 3.05) is 6.61 Å². The van der Waals surface area contributed by atoms with Crippen LogP contribution in [0.15, 0.2) is 0 Å². The molecule has 3 atom stereocenters. The lowest BCUT2D eigenvalue weighted by molar-refractivity contribution is -0.0876. The van der Waals surface area contributed by atoms with Crippen molar-refractivity contribution in [1.82, 2.24) is 0 Å². The second kappa shape index (κ2) is 3.73. The van der Waals surface area contributed by atoms with Crippen LogP contribution in [0, 0.1) is 22.2 Å². The van der Waals surface area contributed by atoms with E-state index < -0.39 is 0 Å². The summed E-state index contributed by atoms with van der Waals surface area (Å²) in [5.41, 5.74) is 1.19. The first kappa shape index (κ1) is 12.4. The molecule has 1 nitrogen and oxygen atoms in total. The molecule has 0 spiro atoms. The number of rotatable bonds is 1. The van der Waals surface area contributed by atoms with Crippen molar-refractivity contribution >= 4 is 0 Å². The van der Waals surface area contributed by atoms with Gasteiger partial charge in [0.1, 0.15) is 0 Å². The first-order chi connectivity index (χ1) is 7.31. The van der Waals surface area contributed by atoms with Gasteiger partial charge in [-0.2, -0.15) is 0 Å². The van der Waals surface area contributed by atoms with Gasteiger partial charge in [0.15, 0.2) is 0 Å². The van der Waals surface area contributed by atoms with Crippen molar-refractivity contribution in [3.63, 3.8) is 0 Å². The summed E-state index contributed by atoms with van der Waals surface area (Å²) in [7, 11) is 0. The quantitative estimate of drug-likeness (QED) is 0.713.